The summed E-state index contributed by atoms with van der Waals surface area (Å²) in [4.78, 5) is 60.9. The molecule has 3 aromatic rings. The SMILES string of the molecule is COC(=O)c1ccc(CN2C(=O)N/C(=C\c3cc(Cl)c(OCC(=O)Nc4ccc(C)cc4)c([N+](=O)[O-])c3)C2=O)o1. The predicted molar refractivity (Wildman–Crippen MR) is 141 cm³/mol. The summed E-state index contributed by atoms with van der Waals surface area (Å²) in [6, 6.07) is 11.4. The van der Waals surface area contributed by atoms with Crippen LogP contribution in [0.4, 0.5) is 16.2 Å². The molecule has 13 nitrogen and oxygen atoms in total. The molecule has 206 valence electrons. The lowest BCUT2D eigenvalue weighted by Crippen LogP contribution is -2.30. The average molecular weight is 569 g/mol. The lowest BCUT2D eigenvalue weighted by atomic mass is 10.1. The number of methoxy groups -OCH3 is 1. The standard InChI is InChI=1S/C26H21ClN4O9/c1-14-3-5-16(6-4-14)28-22(32)13-39-23-18(27)9-15(11-20(23)31(36)37)10-19-24(33)30(26(35)29-19)12-17-7-8-21(40-17)25(34)38-2/h3-11H,12-13H2,1-2H3,(H,28,32)(H,29,35)/b19-10-. The Hall–Kier alpha value is -5.17. The van der Waals surface area contributed by atoms with Crippen LogP contribution in [0.2, 0.25) is 5.02 Å². The Morgan fingerprint density at radius 3 is 2.58 bits per heavy atom. The second-order valence-corrected chi connectivity index (χ2v) is 8.86. The molecular formula is C26H21ClN4O9. The van der Waals surface area contributed by atoms with Gasteiger partial charge in [-0.15, -0.1) is 0 Å². The molecular weight excluding hydrogens is 548 g/mol. The summed E-state index contributed by atoms with van der Waals surface area (Å²) in [5.41, 5.74) is 0.910. The third-order valence-corrected chi connectivity index (χ3v) is 5.84. The number of amides is 4. The van der Waals surface area contributed by atoms with Crippen LogP contribution in [-0.2, 0) is 20.9 Å². The maximum atomic E-state index is 12.8. The number of carbonyl (C=O) groups is 4. The molecule has 1 aliphatic rings. The summed E-state index contributed by atoms with van der Waals surface area (Å²) in [5.74, 6) is -2.31. The number of aryl methyl sites for hydroxylation is 1. The van der Waals surface area contributed by atoms with Gasteiger partial charge in [0.25, 0.3) is 11.8 Å². The molecule has 0 bridgehead atoms. The van der Waals surface area contributed by atoms with Crippen LogP contribution in [0.25, 0.3) is 6.08 Å². The van der Waals surface area contributed by atoms with Crippen molar-refractivity contribution in [2.24, 2.45) is 0 Å². The van der Waals surface area contributed by atoms with Gasteiger partial charge in [-0.05, 0) is 48.9 Å². The molecule has 4 rings (SSSR count). The molecule has 2 aromatic carbocycles. The Bertz CT molecular complexity index is 1550. The van der Waals surface area contributed by atoms with Crippen molar-refractivity contribution in [3.8, 4) is 5.75 Å². The van der Waals surface area contributed by atoms with E-state index in [1.807, 2.05) is 6.92 Å². The largest absolute Gasteiger partial charge is 0.476 e. The number of furan rings is 1. The lowest BCUT2D eigenvalue weighted by molar-refractivity contribution is -0.385. The third-order valence-electron chi connectivity index (χ3n) is 5.56. The van der Waals surface area contributed by atoms with E-state index in [0.717, 1.165) is 16.5 Å². The predicted octanol–water partition coefficient (Wildman–Crippen LogP) is 4.05. The van der Waals surface area contributed by atoms with Crippen molar-refractivity contribution in [2.75, 3.05) is 19.0 Å². The van der Waals surface area contributed by atoms with Crippen LogP contribution in [0, 0.1) is 17.0 Å². The molecule has 0 spiro atoms. The van der Waals surface area contributed by atoms with E-state index >= 15 is 0 Å². The molecule has 4 amide bonds. The molecule has 14 heteroatoms. The average Bonchev–Trinajstić information content (AvgIpc) is 3.49. The maximum absolute atomic E-state index is 12.8. The highest BCUT2D eigenvalue weighted by atomic mass is 35.5. The molecule has 1 fully saturated rings. The third kappa shape index (κ3) is 6.27. The highest BCUT2D eigenvalue weighted by Crippen LogP contribution is 2.37. The summed E-state index contributed by atoms with van der Waals surface area (Å²) in [6.45, 7) is 1.06. The Balaban J connectivity index is 1.48. The zero-order chi connectivity index (χ0) is 29.0. The zero-order valence-corrected chi connectivity index (χ0v) is 21.8. The highest BCUT2D eigenvalue weighted by molar-refractivity contribution is 6.32. The number of nitrogens with zero attached hydrogens (tertiary/aromatic N) is 2. The zero-order valence-electron chi connectivity index (χ0n) is 21.1. The van der Waals surface area contributed by atoms with E-state index in [4.69, 9.17) is 20.8 Å². The number of nitro benzene ring substituents is 1. The van der Waals surface area contributed by atoms with E-state index in [0.29, 0.717) is 5.69 Å². The Kier molecular flexibility index (Phi) is 8.15. The monoisotopic (exact) mass is 568 g/mol. The van der Waals surface area contributed by atoms with E-state index in [1.165, 1.54) is 31.4 Å². The minimum atomic E-state index is -0.771. The van der Waals surface area contributed by atoms with Crippen LogP contribution < -0.4 is 15.4 Å². The van der Waals surface area contributed by atoms with Gasteiger partial charge in [0.15, 0.2) is 6.61 Å². The number of anilines is 1. The molecule has 0 radical (unpaired) electrons. The number of halogens is 1. The van der Waals surface area contributed by atoms with E-state index in [1.54, 1.807) is 24.3 Å². The van der Waals surface area contributed by atoms with Crippen molar-refractivity contribution in [1.82, 2.24) is 10.2 Å². The van der Waals surface area contributed by atoms with Crippen molar-refractivity contribution >= 4 is 52.9 Å². The number of imide groups is 1. The molecule has 40 heavy (non-hydrogen) atoms. The number of nitro groups is 1. The normalized spacial score (nSPS) is 13.8. The van der Waals surface area contributed by atoms with Crippen LogP contribution in [0.5, 0.6) is 5.75 Å². The number of urea groups is 1. The minimum absolute atomic E-state index is 0.0998. The van der Waals surface area contributed by atoms with E-state index in [-0.39, 0.29) is 40.1 Å². The van der Waals surface area contributed by atoms with Crippen LogP contribution in [-0.4, -0.2) is 47.4 Å². The summed E-state index contributed by atoms with van der Waals surface area (Å²) in [6.07, 6.45) is 1.20. The molecule has 0 saturated carbocycles. The minimum Gasteiger partial charge on any atom is -0.476 e. The fraction of sp³-hybridized carbons (Fsp3) is 0.154. The van der Waals surface area contributed by atoms with Crippen LogP contribution in [0.1, 0.15) is 27.4 Å². The number of ether oxygens (including phenoxy) is 2. The van der Waals surface area contributed by atoms with Gasteiger partial charge >= 0.3 is 17.7 Å². The van der Waals surface area contributed by atoms with Gasteiger partial charge in [0.1, 0.15) is 11.5 Å². The Morgan fingerprint density at radius 1 is 1.18 bits per heavy atom. The number of nitrogens with one attached hydrogen (secondary N) is 2. The molecule has 1 aliphatic heterocycles. The summed E-state index contributed by atoms with van der Waals surface area (Å²) >= 11 is 6.24. The number of benzene rings is 2. The summed E-state index contributed by atoms with van der Waals surface area (Å²) < 4.78 is 15.2. The first-order chi connectivity index (χ1) is 19.0. The van der Waals surface area contributed by atoms with Crippen molar-refractivity contribution < 1.29 is 38.0 Å². The van der Waals surface area contributed by atoms with Crippen LogP contribution >= 0.6 is 11.6 Å². The van der Waals surface area contributed by atoms with Gasteiger partial charge in [0.05, 0.1) is 23.6 Å². The Morgan fingerprint density at radius 2 is 1.90 bits per heavy atom. The van der Waals surface area contributed by atoms with E-state index in [9.17, 15) is 29.3 Å². The van der Waals surface area contributed by atoms with Crippen molar-refractivity contribution in [1.29, 1.82) is 0 Å². The number of hydrogen-bond donors (Lipinski definition) is 2. The number of rotatable bonds is 9. The van der Waals surface area contributed by atoms with Gasteiger partial charge in [-0.3, -0.25) is 24.6 Å². The van der Waals surface area contributed by atoms with E-state index < -0.39 is 41.0 Å². The molecule has 1 aromatic heterocycles. The fourth-order valence-corrected chi connectivity index (χ4v) is 3.92. The molecule has 0 atom stereocenters. The molecule has 2 N–H and O–H groups in total. The van der Waals surface area contributed by atoms with Gasteiger partial charge in [-0.1, -0.05) is 29.3 Å². The van der Waals surface area contributed by atoms with Gasteiger partial charge in [0.2, 0.25) is 11.5 Å². The maximum Gasteiger partial charge on any atom is 0.373 e. The topological polar surface area (TPSA) is 170 Å². The Labute approximate surface area is 231 Å². The van der Waals surface area contributed by atoms with E-state index in [2.05, 4.69) is 15.4 Å². The first-order valence-corrected chi connectivity index (χ1v) is 11.9. The second-order valence-electron chi connectivity index (χ2n) is 8.45. The first kappa shape index (κ1) is 27.9. The van der Waals surface area contributed by atoms with Crippen LogP contribution in [0.3, 0.4) is 0 Å². The van der Waals surface area contributed by atoms with Crippen molar-refractivity contribution in [3.05, 3.63) is 92.0 Å². The number of carbonyl (C=O) groups excluding carboxylic acids is 4. The fourth-order valence-electron chi connectivity index (χ4n) is 3.64. The first-order valence-electron chi connectivity index (χ1n) is 11.5. The molecule has 2 heterocycles. The highest BCUT2D eigenvalue weighted by Gasteiger charge is 2.34. The van der Waals surface area contributed by atoms with Gasteiger partial charge < -0.3 is 24.5 Å². The molecule has 0 aliphatic carbocycles. The van der Waals surface area contributed by atoms with Gasteiger partial charge in [-0.2, -0.15) is 0 Å². The van der Waals surface area contributed by atoms with Gasteiger partial charge in [-0.25, -0.2) is 9.59 Å². The summed E-state index contributed by atoms with van der Waals surface area (Å²) in [5, 5.41) is 16.5. The molecule has 0 unspecified atom stereocenters. The summed E-state index contributed by atoms with van der Waals surface area (Å²) in [7, 11) is 1.18. The second kappa shape index (κ2) is 11.7. The number of esters is 1. The number of hydrogen-bond acceptors (Lipinski definition) is 9. The smallest absolute Gasteiger partial charge is 0.373 e. The lowest BCUT2D eigenvalue weighted by Gasteiger charge is -2.10. The quantitative estimate of drug-likeness (QED) is 0.127. The molecule has 1 saturated heterocycles. The van der Waals surface area contributed by atoms with Crippen molar-refractivity contribution in [3.63, 3.8) is 0 Å². The van der Waals surface area contributed by atoms with Crippen LogP contribution in [0.15, 0.2) is 58.6 Å². The van der Waals surface area contributed by atoms with Gasteiger partial charge in [0, 0.05) is 11.8 Å². The van der Waals surface area contributed by atoms with Crippen molar-refractivity contribution in [2.45, 2.75) is 13.5 Å².